The van der Waals surface area contributed by atoms with Gasteiger partial charge in [0.1, 0.15) is 0 Å². The number of carbonyl (C=O) groups is 1. The van der Waals surface area contributed by atoms with Crippen LogP contribution >= 0.6 is 23.4 Å². The van der Waals surface area contributed by atoms with Gasteiger partial charge >= 0.3 is 0 Å². The molecule has 1 atom stereocenters. The summed E-state index contributed by atoms with van der Waals surface area (Å²) in [5.74, 6) is 0.195. The maximum absolute atomic E-state index is 12.7. The Labute approximate surface area is 152 Å². The number of halogens is 1. The molecule has 1 unspecified atom stereocenters. The zero-order chi connectivity index (χ0) is 17.3. The van der Waals surface area contributed by atoms with Crippen molar-refractivity contribution in [3.63, 3.8) is 0 Å². The first-order chi connectivity index (χ1) is 11.5. The van der Waals surface area contributed by atoms with Crippen LogP contribution in [-0.4, -0.2) is 63.2 Å². The Morgan fingerprint density at radius 1 is 1.33 bits per heavy atom. The molecule has 1 aromatic carbocycles. The first kappa shape index (κ1) is 17.6. The van der Waals surface area contributed by atoms with Crippen LogP contribution in [0.5, 0.6) is 0 Å². The molecule has 2 heterocycles. The van der Waals surface area contributed by atoms with Gasteiger partial charge in [-0.1, -0.05) is 30.3 Å². The van der Waals surface area contributed by atoms with E-state index >= 15 is 0 Å². The number of hydrogen-bond acceptors (Lipinski definition) is 4. The molecule has 1 amide bonds. The van der Waals surface area contributed by atoms with Gasteiger partial charge in [-0.3, -0.25) is 4.79 Å². The van der Waals surface area contributed by atoms with Gasteiger partial charge in [0, 0.05) is 38.2 Å². The molecule has 5 nitrogen and oxygen atoms in total. The van der Waals surface area contributed by atoms with Crippen LogP contribution in [0, 0.1) is 0 Å². The summed E-state index contributed by atoms with van der Waals surface area (Å²) in [5, 5.41) is 1.37. The molecular formula is C17H23ClN4OS. The molecule has 0 radical (unpaired) electrons. The second-order valence-electron chi connectivity index (χ2n) is 6.11. The molecule has 0 saturated carbocycles. The third-order valence-electron chi connectivity index (χ3n) is 4.56. The van der Waals surface area contributed by atoms with Crippen molar-refractivity contribution in [3.8, 4) is 0 Å². The lowest BCUT2D eigenvalue weighted by Gasteiger charge is -2.35. The number of aromatic nitrogens is 2. The number of nitrogens with zero attached hydrogens (tertiary/aromatic N) is 4. The van der Waals surface area contributed by atoms with Crippen molar-refractivity contribution in [2.45, 2.75) is 24.3 Å². The van der Waals surface area contributed by atoms with Crippen LogP contribution in [0.2, 0.25) is 5.02 Å². The van der Waals surface area contributed by atoms with Crippen molar-refractivity contribution in [2.75, 3.05) is 32.7 Å². The van der Waals surface area contributed by atoms with E-state index in [4.69, 9.17) is 11.6 Å². The van der Waals surface area contributed by atoms with Crippen molar-refractivity contribution in [1.29, 1.82) is 0 Å². The normalized spacial score (nSPS) is 17.4. The molecule has 1 aliphatic rings. The largest absolute Gasteiger partial charge is 0.339 e. The van der Waals surface area contributed by atoms with Crippen molar-refractivity contribution < 1.29 is 4.79 Å². The van der Waals surface area contributed by atoms with Crippen LogP contribution in [0.3, 0.4) is 0 Å². The van der Waals surface area contributed by atoms with Gasteiger partial charge < -0.3 is 14.4 Å². The van der Waals surface area contributed by atoms with Crippen LogP contribution in [-0.2, 0) is 11.8 Å². The van der Waals surface area contributed by atoms with Gasteiger partial charge in [0.25, 0.3) is 0 Å². The lowest BCUT2D eigenvalue weighted by Crippen LogP contribution is -2.50. The van der Waals surface area contributed by atoms with Crippen LogP contribution in [0.25, 0.3) is 11.0 Å². The number of benzene rings is 1. The second kappa shape index (κ2) is 7.33. The van der Waals surface area contributed by atoms with E-state index in [0.29, 0.717) is 5.02 Å². The van der Waals surface area contributed by atoms with E-state index in [1.165, 1.54) is 11.8 Å². The minimum Gasteiger partial charge on any atom is -0.339 e. The Bertz CT molecular complexity index is 740. The quantitative estimate of drug-likeness (QED) is 0.780. The number of thioether (sulfide) groups is 1. The molecule has 0 bridgehead atoms. The fraction of sp³-hybridized carbons (Fsp3) is 0.529. The van der Waals surface area contributed by atoms with Crippen molar-refractivity contribution in [2.24, 2.45) is 7.05 Å². The number of amides is 1. The van der Waals surface area contributed by atoms with E-state index in [0.717, 1.165) is 48.9 Å². The van der Waals surface area contributed by atoms with Crippen LogP contribution in [0.4, 0.5) is 0 Å². The summed E-state index contributed by atoms with van der Waals surface area (Å²) in [4.78, 5) is 21.7. The molecule has 2 aromatic rings. The minimum absolute atomic E-state index is 0.149. The molecular weight excluding hydrogens is 344 g/mol. The molecule has 1 saturated heterocycles. The van der Waals surface area contributed by atoms with E-state index in [-0.39, 0.29) is 11.2 Å². The Morgan fingerprint density at radius 2 is 2.04 bits per heavy atom. The predicted molar refractivity (Wildman–Crippen MR) is 99.7 cm³/mol. The number of imidazole rings is 1. The molecule has 1 aromatic heterocycles. The molecule has 3 rings (SSSR count). The highest BCUT2D eigenvalue weighted by Crippen LogP contribution is 2.28. The maximum Gasteiger partial charge on any atom is 0.235 e. The third kappa shape index (κ3) is 3.55. The lowest BCUT2D eigenvalue weighted by atomic mass is 10.3. The number of hydrogen-bond donors (Lipinski definition) is 0. The van der Waals surface area contributed by atoms with E-state index < -0.39 is 0 Å². The highest BCUT2D eigenvalue weighted by Gasteiger charge is 2.26. The van der Waals surface area contributed by atoms with Gasteiger partial charge in [0.2, 0.25) is 5.91 Å². The van der Waals surface area contributed by atoms with E-state index in [2.05, 4.69) is 16.8 Å². The first-order valence-electron chi connectivity index (χ1n) is 8.29. The topological polar surface area (TPSA) is 41.4 Å². The standard InChI is InChI=1S/C17H23ClN4OS/c1-4-21-7-9-22(10-8-21)16(23)12(2)24-17-19-14-11-13(18)5-6-15(14)20(17)3/h5-6,11-12H,4,7-10H2,1-3H3. The monoisotopic (exact) mass is 366 g/mol. The fourth-order valence-electron chi connectivity index (χ4n) is 3.01. The van der Waals surface area contributed by atoms with Gasteiger partial charge in [0.05, 0.1) is 16.3 Å². The summed E-state index contributed by atoms with van der Waals surface area (Å²) in [5.41, 5.74) is 1.89. The van der Waals surface area contributed by atoms with Gasteiger partial charge in [0.15, 0.2) is 5.16 Å². The van der Waals surface area contributed by atoms with E-state index in [1.54, 1.807) is 0 Å². The van der Waals surface area contributed by atoms with Crippen molar-refractivity contribution in [1.82, 2.24) is 19.4 Å². The van der Waals surface area contributed by atoms with Crippen LogP contribution < -0.4 is 0 Å². The van der Waals surface area contributed by atoms with Gasteiger partial charge in [-0.15, -0.1) is 0 Å². The van der Waals surface area contributed by atoms with Crippen LogP contribution in [0.15, 0.2) is 23.4 Å². The van der Waals surface area contributed by atoms with Crippen molar-refractivity contribution >= 4 is 40.3 Å². The average Bonchev–Trinajstić information content (AvgIpc) is 2.89. The second-order valence-corrected chi connectivity index (χ2v) is 7.85. The van der Waals surface area contributed by atoms with Crippen molar-refractivity contribution in [3.05, 3.63) is 23.2 Å². The summed E-state index contributed by atoms with van der Waals surface area (Å²) in [6.45, 7) is 8.73. The SMILES string of the molecule is CCN1CCN(C(=O)C(C)Sc2nc3cc(Cl)ccc3n2C)CC1. The summed E-state index contributed by atoms with van der Waals surface area (Å²) >= 11 is 7.55. The average molecular weight is 367 g/mol. The Kier molecular flexibility index (Phi) is 5.37. The molecule has 1 aliphatic heterocycles. The van der Waals surface area contributed by atoms with E-state index in [1.807, 2.05) is 41.6 Å². The predicted octanol–water partition coefficient (Wildman–Crippen LogP) is 2.87. The summed E-state index contributed by atoms with van der Waals surface area (Å²) in [6.07, 6.45) is 0. The third-order valence-corrected chi connectivity index (χ3v) is 5.93. The van der Waals surface area contributed by atoms with Gasteiger partial charge in [-0.25, -0.2) is 4.98 Å². The van der Waals surface area contributed by atoms with Gasteiger partial charge in [-0.05, 0) is 31.7 Å². The number of carbonyl (C=O) groups excluding carboxylic acids is 1. The molecule has 1 fully saturated rings. The summed E-state index contributed by atoms with van der Waals surface area (Å²) in [7, 11) is 1.97. The fourth-order valence-corrected chi connectivity index (χ4v) is 4.15. The summed E-state index contributed by atoms with van der Waals surface area (Å²) in [6, 6.07) is 5.68. The van der Waals surface area contributed by atoms with E-state index in [9.17, 15) is 4.79 Å². The molecule has 0 N–H and O–H groups in total. The smallest absolute Gasteiger partial charge is 0.235 e. The van der Waals surface area contributed by atoms with Crippen LogP contribution in [0.1, 0.15) is 13.8 Å². The molecule has 0 aliphatic carbocycles. The Hall–Kier alpha value is -1.24. The maximum atomic E-state index is 12.7. The van der Waals surface area contributed by atoms with Gasteiger partial charge in [-0.2, -0.15) is 0 Å². The number of aryl methyl sites for hydroxylation is 1. The zero-order valence-corrected chi connectivity index (χ0v) is 15.9. The molecule has 130 valence electrons. The molecule has 7 heteroatoms. The molecule has 24 heavy (non-hydrogen) atoms. The lowest BCUT2D eigenvalue weighted by molar-refractivity contribution is -0.132. The first-order valence-corrected chi connectivity index (χ1v) is 9.55. The highest BCUT2D eigenvalue weighted by atomic mass is 35.5. The Morgan fingerprint density at radius 3 is 2.71 bits per heavy atom. The number of likely N-dealkylation sites (N-methyl/N-ethyl adjacent to an activating group) is 1. The minimum atomic E-state index is -0.149. The molecule has 0 spiro atoms. The summed E-state index contributed by atoms with van der Waals surface area (Å²) < 4.78 is 2.02. The number of piperazine rings is 1. The zero-order valence-electron chi connectivity index (χ0n) is 14.3. The Balaban J connectivity index is 1.69. The number of rotatable bonds is 4. The highest BCUT2D eigenvalue weighted by molar-refractivity contribution is 8.00. The number of fused-ring (bicyclic) bond motifs is 1.